The molecular formula is C31H27ClN2O4. The normalized spacial score (nSPS) is 12.6. The number of benzene rings is 4. The summed E-state index contributed by atoms with van der Waals surface area (Å²) >= 11 is 6.17. The van der Waals surface area contributed by atoms with Gasteiger partial charge in [0.1, 0.15) is 6.04 Å². The summed E-state index contributed by atoms with van der Waals surface area (Å²) in [5, 5.41) is 3.53. The molecule has 1 aliphatic rings. The Labute approximate surface area is 226 Å². The molecule has 4 aromatic carbocycles. The lowest BCUT2D eigenvalue weighted by atomic mass is 10.0. The molecule has 4 aromatic rings. The van der Waals surface area contributed by atoms with Crippen LogP contribution in [0.3, 0.4) is 0 Å². The summed E-state index contributed by atoms with van der Waals surface area (Å²) in [5.41, 5.74) is 4.07. The SMILES string of the molecule is Cc1ccccc1CN(C(=O)Cc1ccccc1)C(C(=O)Nc1ccc2c(c1)OCO2)c1ccc(Cl)cc1. The largest absolute Gasteiger partial charge is 0.454 e. The maximum Gasteiger partial charge on any atom is 0.251 e. The van der Waals surface area contributed by atoms with Crippen LogP contribution in [0.5, 0.6) is 11.5 Å². The first-order chi connectivity index (χ1) is 18.5. The minimum atomic E-state index is -0.909. The van der Waals surface area contributed by atoms with Gasteiger partial charge in [0.2, 0.25) is 12.7 Å². The fourth-order valence-corrected chi connectivity index (χ4v) is 4.60. The fourth-order valence-electron chi connectivity index (χ4n) is 4.47. The van der Waals surface area contributed by atoms with Gasteiger partial charge in [-0.1, -0.05) is 78.3 Å². The lowest BCUT2D eigenvalue weighted by Gasteiger charge is -2.32. The van der Waals surface area contributed by atoms with Gasteiger partial charge in [0, 0.05) is 23.3 Å². The second-order valence-electron chi connectivity index (χ2n) is 9.12. The molecule has 38 heavy (non-hydrogen) atoms. The molecule has 0 radical (unpaired) electrons. The quantitative estimate of drug-likeness (QED) is 0.291. The molecule has 6 nitrogen and oxygen atoms in total. The number of nitrogens with zero attached hydrogens (tertiary/aromatic N) is 1. The van der Waals surface area contributed by atoms with E-state index in [-0.39, 0.29) is 31.6 Å². The molecule has 0 bridgehead atoms. The topological polar surface area (TPSA) is 67.9 Å². The molecule has 0 aliphatic carbocycles. The lowest BCUT2D eigenvalue weighted by Crippen LogP contribution is -2.41. The van der Waals surface area contributed by atoms with Crippen LogP contribution in [0.15, 0.2) is 97.1 Å². The highest BCUT2D eigenvalue weighted by atomic mass is 35.5. The van der Waals surface area contributed by atoms with Crippen LogP contribution in [0.25, 0.3) is 0 Å². The van der Waals surface area contributed by atoms with Crippen molar-refractivity contribution in [2.45, 2.75) is 25.9 Å². The van der Waals surface area contributed by atoms with Crippen LogP contribution in [0.1, 0.15) is 28.3 Å². The Morgan fingerprint density at radius 1 is 0.895 bits per heavy atom. The first-order valence-corrected chi connectivity index (χ1v) is 12.7. The second kappa shape index (κ2) is 11.4. The molecule has 0 saturated heterocycles. The Morgan fingerprint density at radius 3 is 2.37 bits per heavy atom. The van der Waals surface area contributed by atoms with E-state index in [1.807, 2.05) is 61.5 Å². The highest BCUT2D eigenvalue weighted by molar-refractivity contribution is 6.30. The Morgan fingerprint density at radius 2 is 1.61 bits per heavy atom. The predicted octanol–water partition coefficient (Wildman–Crippen LogP) is 6.33. The highest BCUT2D eigenvalue weighted by Crippen LogP contribution is 2.35. The number of fused-ring (bicyclic) bond motifs is 1. The van der Waals surface area contributed by atoms with E-state index in [1.165, 1.54) is 0 Å². The molecule has 1 N–H and O–H groups in total. The summed E-state index contributed by atoms with van der Waals surface area (Å²) in [6.07, 6.45) is 0.161. The zero-order chi connectivity index (χ0) is 26.5. The van der Waals surface area contributed by atoms with E-state index in [1.54, 1.807) is 47.4 Å². The molecule has 0 fully saturated rings. The van der Waals surface area contributed by atoms with E-state index in [4.69, 9.17) is 21.1 Å². The number of carbonyl (C=O) groups excluding carboxylic acids is 2. The summed E-state index contributed by atoms with van der Waals surface area (Å²) < 4.78 is 10.9. The number of hydrogen-bond acceptors (Lipinski definition) is 4. The Bertz CT molecular complexity index is 1440. The first-order valence-electron chi connectivity index (χ1n) is 12.3. The van der Waals surface area contributed by atoms with Gasteiger partial charge in [0.15, 0.2) is 11.5 Å². The van der Waals surface area contributed by atoms with Gasteiger partial charge in [0.25, 0.3) is 5.91 Å². The van der Waals surface area contributed by atoms with Gasteiger partial charge in [-0.3, -0.25) is 9.59 Å². The minimum absolute atomic E-state index is 0.137. The minimum Gasteiger partial charge on any atom is -0.454 e. The molecule has 5 rings (SSSR count). The summed E-state index contributed by atoms with van der Waals surface area (Å²) in [7, 11) is 0. The van der Waals surface area contributed by atoms with Gasteiger partial charge in [-0.05, 0) is 53.4 Å². The smallest absolute Gasteiger partial charge is 0.251 e. The van der Waals surface area contributed by atoms with Crippen LogP contribution in [-0.4, -0.2) is 23.5 Å². The standard InChI is InChI=1S/C31H27ClN2O4/c1-21-7-5-6-10-24(21)19-34(29(35)17-22-8-3-2-4-9-22)30(23-11-13-25(32)14-12-23)31(36)33-26-15-16-27-28(18-26)38-20-37-27/h2-16,18,30H,17,19-20H2,1H3,(H,33,36). The molecule has 0 spiro atoms. The van der Waals surface area contributed by atoms with Crippen molar-refractivity contribution in [2.75, 3.05) is 12.1 Å². The fraction of sp³-hybridized carbons (Fsp3) is 0.161. The van der Waals surface area contributed by atoms with Crippen LogP contribution in [0.4, 0.5) is 5.69 Å². The summed E-state index contributed by atoms with van der Waals surface area (Å²) in [4.78, 5) is 29.5. The van der Waals surface area contributed by atoms with Crippen LogP contribution in [0.2, 0.25) is 5.02 Å². The number of hydrogen-bond donors (Lipinski definition) is 1. The van der Waals surface area contributed by atoms with Gasteiger partial charge in [-0.25, -0.2) is 0 Å². The number of nitrogens with one attached hydrogen (secondary N) is 1. The molecule has 7 heteroatoms. The highest BCUT2D eigenvalue weighted by Gasteiger charge is 2.32. The van der Waals surface area contributed by atoms with E-state index < -0.39 is 6.04 Å². The molecule has 1 unspecified atom stereocenters. The summed E-state index contributed by atoms with van der Waals surface area (Å²) in [6, 6.07) is 28.7. The van der Waals surface area contributed by atoms with Gasteiger partial charge >= 0.3 is 0 Å². The molecular weight excluding hydrogens is 500 g/mol. The Balaban J connectivity index is 1.53. The third-order valence-corrected chi connectivity index (χ3v) is 6.76. The van der Waals surface area contributed by atoms with E-state index in [9.17, 15) is 9.59 Å². The number of carbonyl (C=O) groups is 2. The van der Waals surface area contributed by atoms with Gasteiger partial charge in [0.05, 0.1) is 6.42 Å². The Kier molecular flexibility index (Phi) is 7.61. The number of halogens is 1. The van der Waals surface area contributed by atoms with Crippen LogP contribution < -0.4 is 14.8 Å². The van der Waals surface area contributed by atoms with Crippen molar-refractivity contribution in [1.29, 1.82) is 0 Å². The molecule has 0 aromatic heterocycles. The van der Waals surface area contributed by atoms with E-state index in [0.29, 0.717) is 27.8 Å². The van der Waals surface area contributed by atoms with Gasteiger partial charge in [-0.15, -0.1) is 0 Å². The number of amides is 2. The molecule has 2 amide bonds. The average Bonchev–Trinajstić information content (AvgIpc) is 3.39. The van der Waals surface area contributed by atoms with Gasteiger partial charge < -0.3 is 19.7 Å². The van der Waals surface area contributed by atoms with Crippen molar-refractivity contribution < 1.29 is 19.1 Å². The average molecular weight is 527 g/mol. The van der Waals surface area contributed by atoms with Crippen LogP contribution >= 0.6 is 11.6 Å². The monoisotopic (exact) mass is 526 g/mol. The molecule has 1 aliphatic heterocycles. The van der Waals surface area contributed by atoms with Crippen LogP contribution in [-0.2, 0) is 22.6 Å². The number of rotatable bonds is 8. The predicted molar refractivity (Wildman–Crippen MR) is 147 cm³/mol. The van der Waals surface area contributed by atoms with E-state index >= 15 is 0 Å². The second-order valence-corrected chi connectivity index (χ2v) is 9.56. The van der Waals surface area contributed by atoms with E-state index in [2.05, 4.69) is 5.32 Å². The maximum absolute atomic E-state index is 14.0. The summed E-state index contributed by atoms with van der Waals surface area (Å²) in [6.45, 7) is 2.40. The number of aryl methyl sites for hydroxylation is 1. The zero-order valence-electron chi connectivity index (χ0n) is 20.9. The van der Waals surface area contributed by atoms with Crippen molar-refractivity contribution in [2.24, 2.45) is 0 Å². The molecule has 0 saturated carbocycles. The first kappa shape index (κ1) is 25.4. The van der Waals surface area contributed by atoms with Crippen molar-refractivity contribution in [3.63, 3.8) is 0 Å². The number of ether oxygens (including phenoxy) is 2. The third-order valence-electron chi connectivity index (χ3n) is 6.51. The lowest BCUT2D eigenvalue weighted by molar-refractivity contribution is -0.139. The Hall–Kier alpha value is -4.29. The zero-order valence-corrected chi connectivity index (χ0v) is 21.7. The third kappa shape index (κ3) is 5.82. The van der Waals surface area contributed by atoms with Crippen molar-refractivity contribution in [3.8, 4) is 11.5 Å². The maximum atomic E-state index is 14.0. The molecule has 192 valence electrons. The van der Waals surface area contributed by atoms with Crippen molar-refractivity contribution >= 4 is 29.1 Å². The molecule has 1 atom stereocenters. The molecule has 1 heterocycles. The van der Waals surface area contributed by atoms with Crippen molar-refractivity contribution in [3.05, 3.63) is 124 Å². The summed E-state index contributed by atoms with van der Waals surface area (Å²) in [5.74, 6) is 0.667. The van der Waals surface area contributed by atoms with Crippen molar-refractivity contribution in [1.82, 2.24) is 4.90 Å². The van der Waals surface area contributed by atoms with E-state index in [0.717, 1.165) is 16.7 Å². The van der Waals surface area contributed by atoms with Crippen LogP contribution in [0, 0.1) is 6.92 Å². The van der Waals surface area contributed by atoms with Gasteiger partial charge in [-0.2, -0.15) is 0 Å². The number of anilines is 1.